The molecule has 2 aliphatic rings. The Kier molecular flexibility index (Phi) is 5.14. The molecule has 0 aromatic heterocycles. The van der Waals surface area contributed by atoms with E-state index in [1.807, 2.05) is 0 Å². The zero-order valence-electron chi connectivity index (χ0n) is 14.9. The highest BCUT2D eigenvalue weighted by Crippen LogP contribution is 2.33. The molecule has 1 aromatic carbocycles. The van der Waals surface area contributed by atoms with Gasteiger partial charge in [0.05, 0.1) is 26.1 Å². The van der Waals surface area contributed by atoms with Gasteiger partial charge in [0.2, 0.25) is 0 Å². The molecule has 0 saturated heterocycles. The summed E-state index contributed by atoms with van der Waals surface area (Å²) >= 11 is 1.80. The number of fused-ring (bicyclic) bond motifs is 2. The van der Waals surface area contributed by atoms with Gasteiger partial charge in [-0.25, -0.2) is 4.98 Å². The van der Waals surface area contributed by atoms with Crippen molar-refractivity contribution in [3.05, 3.63) is 40.7 Å². The monoisotopic (exact) mass is 339 g/mol. The molecule has 0 spiro atoms. The average Bonchev–Trinajstić information content (AvgIpc) is 2.55. The number of unbranched alkanes of at least 4 members (excludes halogenated alkanes) is 1. The van der Waals surface area contributed by atoms with Gasteiger partial charge in [-0.05, 0) is 62.6 Å². The van der Waals surface area contributed by atoms with Gasteiger partial charge < -0.3 is 5.32 Å². The number of nitrogens with one attached hydrogen (secondary N) is 1. The highest BCUT2D eigenvalue weighted by atomic mass is 32.1. The zero-order chi connectivity index (χ0) is 17.1. The van der Waals surface area contributed by atoms with E-state index in [0.29, 0.717) is 0 Å². The molecule has 0 atom stereocenters. The van der Waals surface area contributed by atoms with Crippen LogP contribution in [0.25, 0.3) is 20.8 Å². The molecule has 1 aliphatic carbocycles. The third-order valence-electron chi connectivity index (χ3n) is 4.21. The van der Waals surface area contributed by atoms with Crippen molar-refractivity contribution in [2.45, 2.75) is 40.5 Å². The van der Waals surface area contributed by atoms with E-state index in [9.17, 15) is 0 Å². The number of aryl methyl sites for hydroxylation is 2. The lowest BCUT2D eigenvalue weighted by atomic mass is 10.1. The molecule has 3 rings (SSSR count). The molecule has 1 aliphatic heterocycles. The van der Waals surface area contributed by atoms with Crippen molar-refractivity contribution in [1.82, 2.24) is 4.98 Å². The second kappa shape index (κ2) is 7.31. The lowest BCUT2D eigenvalue weighted by Gasteiger charge is -2.12. The Labute approximate surface area is 147 Å². The summed E-state index contributed by atoms with van der Waals surface area (Å²) in [4.78, 5) is 10.8. The van der Waals surface area contributed by atoms with E-state index < -0.39 is 0 Å². The second-order valence-corrected chi connectivity index (χ2v) is 7.30. The minimum atomic E-state index is 0.901. The molecule has 0 saturated carbocycles. The van der Waals surface area contributed by atoms with E-state index in [1.54, 1.807) is 11.3 Å². The molecule has 3 nitrogen and oxygen atoms in total. The molecule has 1 aromatic rings. The highest BCUT2D eigenvalue weighted by molar-refractivity contribution is 7.21. The first-order valence-corrected chi connectivity index (χ1v) is 9.54. The van der Waals surface area contributed by atoms with Crippen molar-refractivity contribution in [2.75, 3.05) is 18.4 Å². The molecule has 0 bridgehead atoms. The molecule has 4 heteroatoms. The maximum atomic E-state index is 4.88. The van der Waals surface area contributed by atoms with Gasteiger partial charge in [0.1, 0.15) is 0 Å². The summed E-state index contributed by atoms with van der Waals surface area (Å²) in [6, 6.07) is 8.77. The molecule has 126 valence electrons. The summed E-state index contributed by atoms with van der Waals surface area (Å²) in [6.45, 7) is 10.4. The van der Waals surface area contributed by atoms with Gasteiger partial charge in [0.15, 0.2) is 0 Å². The van der Waals surface area contributed by atoms with Gasteiger partial charge in [0, 0.05) is 18.8 Å². The minimum absolute atomic E-state index is 0.901. The van der Waals surface area contributed by atoms with Crippen LogP contribution in [0.4, 0.5) is 5.69 Å². The predicted octanol–water partition coefficient (Wildman–Crippen LogP) is 5.15. The smallest absolute Gasteiger partial charge is 0.0813 e. The van der Waals surface area contributed by atoms with Crippen LogP contribution in [0.3, 0.4) is 0 Å². The van der Waals surface area contributed by atoms with E-state index in [0.717, 1.165) is 36.1 Å². The van der Waals surface area contributed by atoms with Gasteiger partial charge >= 0.3 is 0 Å². The quantitative estimate of drug-likeness (QED) is 0.515. The maximum Gasteiger partial charge on any atom is 0.0813 e. The van der Waals surface area contributed by atoms with Gasteiger partial charge in [-0.3, -0.25) is 4.99 Å². The van der Waals surface area contributed by atoms with Crippen molar-refractivity contribution in [2.24, 2.45) is 4.99 Å². The topological polar surface area (TPSA) is 37.3 Å². The molecule has 1 heterocycles. The van der Waals surface area contributed by atoms with E-state index >= 15 is 0 Å². The molecule has 0 fully saturated rings. The molecular weight excluding hydrogens is 314 g/mol. The van der Waals surface area contributed by atoms with Crippen LogP contribution >= 0.6 is 11.3 Å². The fourth-order valence-electron chi connectivity index (χ4n) is 2.83. The number of aromatic nitrogens is 1. The molecule has 24 heavy (non-hydrogen) atoms. The summed E-state index contributed by atoms with van der Waals surface area (Å²) in [6.07, 6.45) is 2.32. The first-order valence-electron chi connectivity index (χ1n) is 8.72. The van der Waals surface area contributed by atoms with Crippen LogP contribution in [-0.2, 0) is 0 Å². The third-order valence-corrected chi connectivity index (χ3v) is 5.30. The lowest BCUT2D eigenvalue weighted by molar-refractivity contribution is 0.793. The predicted molar refractivity (Wildman–Crippen MR) is 105 cm³/mol. The van der Waals surface area contributed by atoms with E-state index in [2.05, 4.69) is 57.3 Å². The summed E-state index contributed by atoms with van der Waals surface area (Å²) in [5, 5.41) is 4.54. The first kappa shape index (κ1) is 16.9. The van der Waals surface area contributed by atoms with Crippen molar-refractivity contribution in [1.29, 1.82) is 0 Å². The summed E-state index contributed by atoms with van der Waals surface area (Å²) in [7, 11) is 0. The Morgan fingerprint density at radius 1 is 1.08 bits per heavy atom. The van der Waals surface area contributed by atoms with Gasteiger partial charge in [-0.15, -0.1) is 11.3 Å². The average molecular weight is 340 g/mol. The number of benzene rings is 2. The largest absolute Gasteiger partial charge is 0.385 e. The van der Waals surface area contributed by atoms with Crippen molar-refractivity contribution in [3.63, 3.8) is 0 Å². The fraction of sp³-hybridized carbons (Fsp3) is 0.400. The highest BCUT2D eigenvalue weighted by Gasteiger charge is 2.10. The van der Waals surface area contributed by atoms with E-state index in [-0.39, 0.29) is 0 Å². The SMILES string of the molecule is CCCC/N=c1/cc2sc3cc(NCC)c(C)cc3nc-2cc1C. The number of hydrogen-bond acceptors (Lipinski definition) is 4. The number of anilines is 1. The van der Waals surface area contributed by atoms with Crippen LogP contribution in [-0.4, -0.2) is 18.1 Å². The van der Waals surface area contributed by atoms with Gasteiger partial charge in [-0.1, -0.05) is 13.3 Å². The summed E-state index contributed by atoms with van der Waals surface area (Å²) in [5.74, 6) is 0. The maximum absolute atomic E-state index is 4.88. The Morgan fingerprint density at radius 2 is 1.92 bits per heavy atom. The van der Waals surface area contributed by atoms with E-state index in [1.165, 1.54) is 32.8 Å². The standard InChI is InChI=1S/C20H25N3S/c1-5-7-8-22-16-12-20-18(10-14(16)4)23-17-9-13(3)15(21-6-2)11-19(17)24-20/h9-12,21H,5-8H2,1-4H3/b22-16-. The normalized spacial score (nSPS) is 12.2. The Balaban J connectivity index is 2.15. The van der Waals surface area contributed by atoms with E-state index in [4.69, 9.17) is 9.98 Å². The van der Waals surface area contributed by atoms with Crippen LogP contribution in [0.5, 0.6) is 0 Å². The van der Waals surface area contributed by atoms with Crippen molar-refractivity contribution in [3.8, 4) is 10.6 Å². The van der Waals surface area contributed by atoms with Crippen molar-refractivity contribution < 1.29 is 0 Å². The molecular formula is C20H25N3S. The second-order valence-electron chi connectivity index (χ2n) is 6.22. The summed E-state index contributed by atoms with van der Waals surface area (Å²) in [5.41, 5.74) is 5.78. The zero-order valence-corrected chi connectivity index (χ0v) is 15.8. The minimum Gasteiger partial charge on any atom is -0.385 e. The van der Waals surface area contributed by atoms with Crippen molar-refractivity contribution >= 4 is 27.2 Å². The van der Waals surface area contributed by atoms with Crippen LogP contribution in [0.1, 0.15) is 37.8 Å². The Hall–Kier alpha value is -1.94. The van der Waals surface area contributed by atoms with Crippen LogP contribution in [0, 0.1) is 13.8 Å². The first-order chi connectivity index (χ1) is 11.6. The number of rotatable bonds is 5. The molecule has 0 amide bonds. The van der Waals surface area contributed by atoms with Crippen LogP contribution in [0.15, 0.2) is 29.3 Å². The van der Waals surface area contributed by atoms with Crippen LogP contribution in [0.2, 0.25) is 0 Å². The molecule has 0 unspecified atom stereocenters. The lowest BCUT2D eigenvalue weighted by Crippen LogP contribution is -2.09. The molecule has 0 radical (unpaired) electrons. The van der Waals surface area contributed by atoms with Gasteiger partial charge in [0.25, 0.3) is 0 Å². The number of hydrogen-bond donors (Lipinski definition) is 1. The fourth-order valence-corrected chi connectivity index (χ4v) is 3.83. The van der Waals surface area contributed by atoms with Crippen LogP contribution < -0.4 is 10.7 Å². The number of nitrogens with zero attached hydrogens (tertiary/aromatic N) is 2. The molecule has 1 N–H and O–H groups in total. The Bertz CT molecular complexity index is 895. The Morgan fingerprint density at radius 3 is 2.67 bits per heavy atom. The van der Waals surface area contributed by atoms with Gasteiger partial charge in [-0.2, -0.15) is 0 Å². The third kappa shape index (κ3) is 3.44. The summed E-state index contributed by atoms with van der Waals surface area (Å²) < 4.78 is 1.22.